The van der Waals surface area contributed by atoms with E-state index < -0.39 is 0 Å². The van der Waals surface area contributed by atoms with E-state index in [2.05, 4.69) is 10.2 Å². The van der Waals surface area contributed by atoms with E-state index in [4.69, 9.17) is 9.84 Å². The molecule has 2 heterocycles. The van der Waals surface area contributed by atoms with Crippen LogP contribution in [0.3, 0.4) is 0 Å². The number of aliphatic hydroxyl groups is 1. The molecule has 2 aliphatic rings. The lowest BCUT2D eigenvalue weighted by Crippen LogP contribution is -2.54. The highest BCUT2D eigenvalue weighted by Crippen LogP contribution is 2.25. The highest BCUT2D eigenvalue weighted by Gasteiger charge is 2.33. The first-order chi connectivity index (χ1) is 12.6. The number of urea groups is 1. The molecule has 0 bridgehead atoms. The lowest BCUT2D eigenvalue weighted by atomic mass is 10.2. The van der Waals surface area contributed by atoms with Gasteiger partial charge in [-0.2, -0.15) is 0 Å². The first kappa shape index (κ1) is 18.5. The fourth-order valence-corrected chi connectivity index (χ4v) is 3.41. The Hall–Kier alpha value is -2.32. The molecular formula is C18H26N4O4. The number of carbonyl (C=O) groups is 2. The lowest BCUT2D eigenvalue weighted by molar-refractivity contribution is -0.117. The molecule has 1 aromatic rings. The average Bonchev–Trinajstić information content (AvgIpc) is 3.02. The van der Waals surface area contributed by atoms with Crippen LogP contribution in [-0.4, -0.2) is 85.9 Å². The van der Waals surface area contributed by atoms with E-state index in [9.17, 15) is 9.59 Å². The first-order valence-electron chi connectivity index (χ1n) is 8.94. The summed E-state index contributed by atoms with van der Waals surface area (Å²) in [5.41, 5.74) is 0.781. The van der Waals surface area contributed by atoms with E-state index >= 15 is 0 Å². The molecule has 3 rings (SSSR count). The van der Waals surface area contributed by atoms with Crippen LogP contribution in [0.15, 0.2) is 24.3 Å². The number of ether oxygens (including phenoxy) is 1. The van der Waals surface area contributed by atoms with Gasteiger partial charge in [-0.1, -0.05) is 6.07 Å². The SMILES string of the molecule is COc1cccc(N2C[C@H](NC(=O)N3CCN(CCO)CC3)CC2=O)c1. The van der Waals surface area contributed by atoms with Crippen molar-refractivity contribution in [3.63, 3.8) is 0 Å². The van der Waals surface area contributed by atoms with E-state index in [1.54, 1.807) is 16.9 Å². The molecule has 1 aromatic carbocycles. The third kappa shape index (κ3) is 4.25. The van der Waals surface area contributed by atoms with Crippen molar-refractivity contribution in [3.05, 3.63) is 24.3 Å². The van der Waals surface area contributed by atoms with Gasteiger partial charge >= 0.3 is 6.03 Å². The number of nitrogens with one attached hydrogen (secondary N) is 1. The normalized spacial score (nSPS) is 21.2. The molecule has 8 nitrogen and oxygen atoms in total. The number of carbonyl (C=O) groups excluding carboxylic acids is 2. The Morgan fingerprint density at radius 3 is 2.77 bits per heavy atom. The van der Waals surface area contributed by atoms with Crippen molar-refractivity contribution in [3.8, 4) is 5.75 Å². The van der Waals surface area contributed by atoms with Crippen LogP contribution in [0.4, 0.5) is 10.5 Å². The molecule has 2 fully saturated rings. The van der Waals surface area contributed by atoms with Crippen molar-refractivity contribution in [2.75, 3.05) is 57.9 Å². The van der Waals surface area contributed by atoms with Crippen LogP contribution in [0.1, 0.15) is 6.42 Å². The summed E-state index contributed by atoms with van der Waals surface area (Å²) in [5, 5.41) is 12.0. The zero-order chi connectivity index (χ0) is 18.5. The predicted octanol–water partition coefficient (Wildman–Crippen LogP) is 0.120. The van der Waals surface area contributed by atoms with Crippen molar-refractivity contribution in [1.82, 2.24) is 15.1 Å². The van der Waals surface area contributed by atoms with Crippen molar-refractivity contribution in [2.45, 2.75) is 12.5 Å². The molecule has 1 atom stereocenters. The molecule has 0 aliphatic carbocycles. The molecule has 0 saturated carbocycles. The number of β-amino-alcohol motifs (C(OH)–C–C–N with tert-alkyl or cyclic N) is 1. The highest BCUT2D eigenvalue weighted by atomic mass is 16.5. The Kier molecular flexibility index (Phi) is 5.95. The summed E-state index contributed by atoms with van der Waals surface area (Å²) in [5.74, 6) is 0.694. The number of rotatable bonds is 5. The van der Waals surface area contributed by atoms with Crippen LogP contribution in [0, 0.1) is 0 Å². The van der Waals surface area contributed by atoms with Gasteiger partial charge in [-0.3, -0.25) is 9.69 Å². The third-order valence-electron chi connectivity index (χ3n) is 4.89. The Morgan fingerprint density at radius 1 is 1.31 bits per heavy atom. The Labute approximate surface area is 153 Å². The van der Waals surface area contributed by atoms with Gasteiger partial charge in [0.1, 0.15) is 5.75 Å². The first-order valence-corrected chi connectivity index (χ1v) is 8.94. The van der Waals surface area contributed by atoms with Crippen molar-refractivity contribution < 1.29 is 19.4 Å². The fraction of sp³-hybridized carbons (Fsp3) is 0.556. The van der Waals surface area contributed by atoms with E-state index in [1.165, 1.54) is 0 Å². The number of methoxy groups -OCH3 is 1. The van der Waals surface area contributed by atoms with Crippen molar-refractivity contribution in [2.24, 2.45) is 0 Å². The summed E-state index contributed by atoms with van der Waals surface area (Å²) >= 11 is 0. The molecule has 3 amide bonds. The summed E-state index contributed by atoms with van der Waals surface area (Å²) in [6.45, 7) is 4.01. The second-order valence-corrected chi connectivity index (χ2v) is 6.61. The summed E-state index contributed by atoms with van der Waals surface area (Å²) in [4.78, 5) is 30.4. The average molecular weight is 362 g/mol. The number of piperazine rings is 1. The molecule has 0 spiro atoms. The monoisotopic (exact) mass is 362 g/mol. The molecule has 2 aliphatic heterocycles. The van der Waals surface area contributed by atoms with Crippen molar-refractivity contribution in [1.29, 1.82) is 0 Å². The molecule has 2 N–H and O–H groups in total. The minimum absolute atomic E-state index is 0.00341. The number of benzene rings is 1. The van der Waals surface area contributed by atoms with Gasteiger partial charge in [0.05, 0.1) is 19.8 Å². The maximum Gasteiger partial charge on any atom is 0.317 e. The minimum atomic E-state index is -0.198. The zero-order valence-corrected chi connectivity index (χ0v) is 15.1. The van der Waals surface area contributed by atoms with Gasteiger partial charge in [-0.25, -0.2) is 4.79 Å². The summed E-state index contributed by atoms with van der Waals surface area (Å²) < 4.78 is 5.21. The smallest absolute Gasteiger partial charge is 0.317 e. The second-order valence-electron chi connectivity index (χ2n) is 6.61. The van der Waals surface area contributed by atoms with Crippen LogP contribution in [0.25, 0.3) is 0 Å². The Bertz CT molecular complexity index is 646. The number of hydrogen-bond donors (Lipinski definition) is 2. The maximum atomic E-state index is 12.5. The number of hydrogen-bond acceptors (Lipinski definition) is 5. The number of anilines is 1. The maximum absolute atomic E-state index is 12.5. The Morgan fingerprint density at radius 2 is 2.08 bits per heavy atom. The second kappa shape index (κ2) is 8.37. The molecular weight excluding hydrogens is 336 g/mol. The number of nitrogens with zero attached hydrogens (tertiary/aromatic N) is 3. The Balaban J connectivity index is 1.53. The van der Waals surface area contributed by atoms with Gasteiger partial charge < -0.3 is 25.0 Å². The molecule has 0 radical (unpaired) electrons. The lowest BCUT2D eigenvalue weighted by Gasteiger charge is -2.34. The van der Waals surface area contributed by atoms with E-state index in [-0.39, 0.29) is 24.6 Å². The zero-order valence-electron chi connectivity index (χ0n) is 15.1. The number of amides is 3. The van der Waals surface area contributed by atoms with Gasteiger partial charge in [-0.15, -0.1) is 0 Å². The van der Waals surface area contributed by atoms with Crippen LogP contribution in [0.2, 0.25) is 0 Å². The van der Waals surface area contributed by atoms with Gasteiger partial charge in [0.2, 0.25) is 5.91 Å². The summed E-state index contributed by atoms with van der Waals surface area (Å²) in [7, 11) is 1.59. The highest BCUT2D eigenvalue weighted by molar-refractivity contribution is 5.97. The van der Waals surface area contributed by atoms with E-state index in [1.807, 2.05) is 24.3 Å². The molecule has 26 heavy (non-hydrogen) atoms. The van der Waals surface area contributed by atoms with Gasteiger partial charge in [-0.05, 0) is 12.1 Å². The third-order valence-corrected chi connectivity index (χ3v) is 4.89. The summed E-state index contributed by atoms with van der Waals surface area (Å²) in [6.07, 6.45) is 0.299. The largest absolute Gasteiger partial charge is 0.497 e. The van der Waals surface area contributed by atoms with E-state index in [0.717, 1.165) is 18.8 Å². The molecule has 142 valence electrons. The molecule has 2 saturated heterocycles. The van der Waals surface area contributed by atoms with Crippen LogP contribution in [-0.2, 0) is 4.79 Å². The quantitative estimate of drug-likeness (QED) is 0.777. The van der Waals surface area contributed by atoms with Gasteiger partial charge in [0.25, 0.3) is 0 Å². The van der Waals surface area contributed by atoms with Crippen molar-refractivity contribution >= 4 is 17.6 Å². The van der Waals surface area contributed by atoms with Gasteiger partial charge in [0, 0.05) is 57.4 Å². The van der Waals surface area contributed by atoms with Gasteiger partial charge in [0.15, 0.2) is 0 Å². The minimum Gasteiger partial charge on any atom is -0.497 e. The molecule has 0 aromatic heterocycles. The summed E-state index contributed by atoms with van der Waals surface area (Å²) in [6, 6.07) is 7.04. The van der Waals surface area contributed by atoms with Crippen LogP contribution < -0.4 is 15.0 Å². The molecule has 0 unspecified atom stereocenters. The topological polar surface area (TPSA) is 85.3 Å². The fourth-order valence-electron chi connectivity index (χ4n) is 3.41. The standard InChI is InChI=1S/C18H26N4O4/c1-26-16-4-2-3-15(12-16)22-13-14(11-17(22)24)19-18(25)21-7-5-20(6-8-21)9-10-23/h2-4,12,14,23H,5-11,13H2,1H3,(H,19,25)/t14-/m1/s1. The number of aliphatic hydroxyl groups excluding tert-OH is 1. The van der Waals surface area contributed by atoms with Crippen LogP contribution >= 0.6 is 0 Å². The van der Waals surface area contributed by atoms with E-state index in [0.29, 0.717) is 38.3 Å². The predicted molar refractivity (Wildman–Crippen MR) is 97.4 cm³/mol. The van der Waals surface area contributed by atoms with Crippen LogP contribution in [0.5, 0.6) is 5.75 Å². The molecule has 8 heteroatoms.